The number of nitrogens with one attached hydrogen (secondary N) is 3. The van der Waals surface area contributed by atoms with Crippen molar-refractivity contribution in [1.82, 2.24) is 15.8 Å². The molecule has 1 aliphatic rings. The molecular weight excluding hydrogens is 398 g/mol. The second-order valence-corrected chi connectivity index (χ2v) is 7.40. The van der Waals surface area contributed by atoms with Gasteiger partial charge in [0, 0.05) is 17.5 Å². The molecule has 6 nitrogen and oxygen atoms in total. The quantitative estimate of drug-likeness (QED) is 0.594. The van der Waals surface area contributed by atoms with Crippen molar-refractivity contribution in [1.29, 1.82) is 0 Å². The van der Waals surface area contributed by atoms with Gasteiger partial charge in [-0.05, 0) is 35.9 Å². The van der Waals surface area contributed by atoms with E-state index in [1.54, 1.807) is 23.6 Å². The number of amides is 1. The molecule has 0 saturated carbocycles. The summed E-state index contributed by atoms with van der Waals surface area (Å²) in [4.78, 5) is 17.2. The molecular formula is C20H18F2N4O2S. The summed E-state index contributed by atoms with van der Waals surface area (Å²) in [5.41, 5.74) is 7.99. The third kappa shape index (κ3) is 4.12. The number of aromatic nitrogens is 1. The Balaban J connectivity index is 1.47. The monoisotopic (exact) mass is 416 g/mol. The molecule has 2 aromatic carbocycles. The van der Waals surface area contributed by atoms with Gasteiger partial charge >= 0.3 is 0 Å². The molecule has 0 radical (unpaired) electrons. The largest absolute Gasteiger partial charge is 0.494 e. The number of ether oxygens (including phenoxy) is 1. The highest BCUT2D eigenvalue weighted by Gasteiger charge is 2.34. The van der Waals surface area contributed by atoms with Gasteiger partial charge in [-0.3, -0.25) is 10.2 Å². The third-order valence-corrected chi connectivity index (χ3v) is 5.49. The van der Waals surface area contributed by atoms with Crippen molar-refractivity contribution < 1.29 is 18.3 Å². The van der Waals surface area contributed by atoms with E-state index in [1.807, 2.05) is 0 Å². The number of methoxy groups -OCH3 is 1. The third-order valence-electron chi connectivity index (χ3n) is 4.73. The zero-order valence-corrected chi connectivity index (χ0v) is 16.2. The van der Waals surface area contributed by atoms with Crippen LogP contribution in [-0.2, 0) is 4.79 Å². The fourth-order valence-corrected chi connectivity index (χ4v) is 3.94. The molecule has 1 saturated heterocycles. The number of thiazole rings is 1. The fourth-order valence-electron chi connectivity index (χ4n) is 3.21. The molecule has 1 amide bonds. The average molecular weight is 416 g/mol. The Morgan fingerprint density at radius 1 is 1.24 bits per heavy atom. The van der Waals surface area contributed by atoms with Gasteiger partial charge in [-0.15, -0.1) is 11.3 Å². The molecule has 0 bridgehead atoms. The first-order chi connectivity index (χ1) is 14.0. The van der Waals surface area contributed by atoms with Crippen LogP contribution < -0.4 is 20.9 Å². The Morgan fingerprint density at radius 3 is 2.76 bits per heavy atom. The van der Waals surface area contributed by atoms with Crippen molar-refractivity contribution in [3.05, 3.63) is 65.0 Å². The lowest BCUT2D eigenvalue weighted by Crippen LogP contribution is -2.29. The highest BCUT2D eigenvalue weighted by molar-refractivity contribution is 7.14. The molecule has 9 heteroatoms. The van der Waals surface area contributed by atoms with E-state index in [-0.39, 0.29) is 23.5 Å². The highest BCUT2D eigenvalue weighted by atomic mass is 32.1. The van der Waals surface area contributed by atoms with Crippen molar-refractivity contribution in [2.24, 2.45) is 5.92 Å². The number of carbonyl (C=O) groups is 1. The topological polar surface area (TPSA) is 75.3 Å². The van der Waals surface area contributed by atoms with Gasteiger partial charge in [-0.2, -0.15) is 0 Å². The van der Waals surface area contributed by atoms with Gasteiger partial charge in [0.15, 0.2) is 16.7 Å². The molecule has 3 N–H and O–H groups in total. The van der Waals surface area contributed by atoms with Crippen LogP contribution in [0.5, 0.6) is 5.75 Å². The predicted octanol–water partition coefficient (Wildman–Crippen LogP) is 3.50. The minimum atomic E-state index is -0.478. The Bertz CT molecular complexity index is 1030. The van der Waals surface area contributed by atoms with Gasteiger partial charge in [0.05, 0.1) is 24.8 Å². The van der Waals surface area contributed by atoms with Gasteiger partial charge in [-0.25, -0.2) is 19.2 Å². The molecule has 3 aromatic rings. The van der Waals surface area contributed by atoms with Gasteiger partial charge in [0.1, 0.15) is 5.82 Å². The first kappa shape index (κ1) is 19.4. The maximum absolute atomic E-state index is 13.9. The SMILES string of the molecule is COc1ccc(-c2csc(NC(=O)C3CNNC3c3ccc(F)cc3)n2)cc1F. The van der Waals surface area contributed by atoms with Crippen molar-refractivity contribution >= 4 is 22.4 Å². The second-order valence-electron chi connectivity index (χ2n) is 6.54. The smallest absolute Gasteiger partial charge is 0.232 e. The summed E-state index contributed by atoms with van der Waals surface area (Å²) >= 11 is 1.26. The molecule has 150 valence electrons. The van der Waals surface area contributed by atoms with Crippen molar-refractivity contribution in [3.63, 3.8) is 0 Å². The number of rotatable bonds is 5. The summed E-state index contributed by atoms with van der Waals surface area (Å²) in [5.74, 6) is -1.25. The Kier molecular flexibility index (Phi) is 5.52. The number of halogens is 2. The summed E-state index contributed by atoms with van der Waals surface area (Å²) in [6.45, 7) is 0.426. The fraction of sp³-hybridized carbons (Fsp3) is 0.200. The minimum Gasteiger partial charge on any atom is -0.494 e. The number of nitrogens with zero attached hydrogens (tertiary/aromatic N) is 1. The summed E-state index contributed by atoms with van der Waals surface area (Å²) < 4.78 is 32.0. The van der Waals surface area contributed by atoms with Crippen LogP contribution in [0.1, 0.15) is 11.6 Å². The van der Waals surface area contributed by atoms with Crippen molar-refractivity contribution in [2.75, 3.05) is 19.0 Å². The molecule has 2 heterocycles. The van der Waals surface area contributed by atoms with E-state index in [9.17, 15) is 13.6 Å². The van der Waals surface area contributed by atoms with E-state index < -0.39 is 11.7 Å². The number of carbonyl (C=O) groups excluding carboxylic acids is 1. The van der Waals surface area contributed by atoms with Crippen LogP contribution in [-0.4, -0.2) is 24.5 Å². The number of anilines is 1. The zero-order valence-electron chi connectivity index (χ0n) is 15.4. The molecule has 1 aromatic heterocycles. The van der Waals surface area contributed by atoms with Crippen molar-refractivity contribution in [2.45, 2.75) is 6.04 Å². The number of hydrogen-bond donors (Lipinski definition) is 3. The summed E-state index contributed by atoms with van der Waals surface area (Å²) in [5, 5.41) is 4.99. The molecule has 1 aliphatic heterocycles. The van der Waals surface area contributed by atoms with Gasteiger partial charge in [-0.1, -0.05) is 12.1 Å². The van der Waals surface area contributed by atoms with E-state index >= 15 is 0 Å². The lowest BCUT2D eigenvalue weighted by Gasteiger charge is -2.17. The predicted molar refractivity (Wildman–Crippen MR) is 106 cm³/mol. The molecule has 0 aliphatic carbocycles. The number of benzene rings is 2. The van der Waals surface area contributed by atoms with E-state index in [0.29, 0.717) is 22.9 Å². The van der Waals surface area contributed by atoms with Crippen LogP contribution in [0.15, 0.2) is 47.8 Å². The highest BCUT2D eigenvalue weighted by Crippen LogP contribution is 2.30. The Labute approximate surface area is 169 Å². The average Bonchev–Trinajstić information content (AvgIpc) is 3.38. The van der Waals surface area contributed by atoms with Gasteiger partial charge < -0.3 is 10.1 Å². The zero-order chi connectivity index (χ0) is 20.4. The first-order valence-electron chi connectivity index (χ1n) is 8.89. The minimum absolute atomic E-state index is 0.158. The van der Waals surface area contributed by atoms with Crippen LogP contribution in [0, 0.1) is 17.6 Å². The lowest BCUT2D eigenvalue weighted by molar-refractivity contribution is -0.119. The standard InChI is InChI=1S/C20H18F2N4O2S/c1-28-17-7-4-12(8-15(17)22)16-10-29-20(24-16)25-19(27)14-9-23-26-18(14)11-2-5-13(21)6-3-11/h2-8,10,14,18,23,26H,9H2,1H3,(H,24,25,27). The molecule has 29 heavy (non-hydrogen) atoms. The first-order valence-corrected chi connectivity index (χ1v) is 9.77. The summed E-state index contributed by atoms with van der Waals surface area (Å²) in [6, 6.07) is 10.3. The van der Waals surface area contributed by atoms with E-state index in [0.717, 1.165) is 5.56 Å². The van der Waals surface area contributed by atoms with Crippen LogP contribution in [0.4, 0.5) is 13.9 Å². The molecule has 4 rings (SSSR count). The molecule has 2 unspecified atom stereocenters. The lowest BCUT2D eigenvalue weighted by atomic mass is 9.94. The summed E-state index contributed by atoms with van der Waals surface area (Å²) in [7, 11) is 1.40. The normalized spacial score (nSPS) is 18.6. The maximum atomic E-state index is 13.9. The van der Waals surface area contributed by atoms with E-state index in [2.05, 4.69) is 21.2 Å². The molecule has 2 atom stereocenters. The second kappa shape index (κ2) is 8.24. The Hall–Kier alpha value is -2.88. The van der Waals surface area contributed by atoms with Crippen molar-refractivity contribution in [3.8, 4) is 17.0 Å². The van der Waals surface area contributed by atoms with Crippen LogP contribution in [0.3, 0.4) is 0 Å². The van der Waals surface area contributed by atoms with Crippen LogP contribution in [0.2, 0.25) is 0 Å². The maximum Gasteiger partial charge on any atom is 0.232 e. The van der Waals surface area contributed by atoms with Gasteiger partial charge in [0.25, 0.3) is 0 Å². The summed E-state index contributed by atoms with van der Waals surface area (Å²) in [6.07, 6.45) is 0. The van der Waals surface area contributed by atoms with Crippen LogP contribution in [0.25, 0.3) is 11.3 Å². The Morgan fingerprint density at radius 2 is 2.03 bits per heavy atom. The van der Waals surface area contributed by atoms with E-state index in [1.165, 1.54) is 42.7 Å². The molecule has 1 fully saturated rings. The number of hydrazine groups is 1. The van der Waals surface area contributed by atoms with Crippen LogP contribution >= 0.6 is 11.3 Å². The molecule has 0 spiro atoms. The van der Waals surface area contributed by atoms with Gasteiger partial charge in [0.2, 0.25) is 5.91 Å². The number of hydrogen-bond acceptors (Lipinski definition) is 6. The van der Waals surface area contributed by atoms with E-state index in [4.69, 9.17) is 4.74 Å².